The monoisotopic (exact) mass is 272 g/mol. The molecular formula is C12H14ClFN2O2. The predicted octanol–water partition coefficient (Wildman–Crippen LogP) is 2.19. The largest absolute Gasteiger partial charge is 0.348 e. The Morgan fingerprint density at radius 1 is 1.33 bits per heavy atom. The van der Waals surface area contributed by atoms with Crippen molar-refractivity contribution in [3.63, 3.8) is 0 Å². The zero-order chi connectivity index (χ0) is 13.7. The summed E-state index contributed by atoms with van der Waals surface area (Å²) in [5.41, 5.74) is -0.0795. The van der Waals surface area contributed by atoms with Crippen molar-refractivity contribution in [1.29, 1.82) is 0 Å². The molecule has 1 aromatic rings. The van der Waals surface area contributed by atoms with Crippen LogP contribution < -0.4 is 10.6 Å². The summed E-state index contributed by atoms with van der Waals surface area (Å²) >= 11 is 5.57. The Kier molecular flexibility index (Phi) is 5.09. The van der Waals surface area contributed by atoms with Gasteiger partial charge in [-0.15, -0.1) is 0 Å². The maximum Gasteiger partial charge on any atom is 0.313 e. The molecule has 6 heteroatoms. The van der Waals surface area contributed by atoms with E-state index in [1.54, 1.807) is 0 Å². The van der Waals surface area contributed by atoms with Crippen LogP contribution in [0.1, 0.15) is 13.8 Å². The Hall–Kier alpha value is -1.62. The SMILES string of the molecule is CC(C)CNC(=O)C(=O)Nc1ccc(Cl)cc1F. The molecule has 18 heavy (non-hydrogen) atoms. The Bertz CT molecular complexity index is 463. The van der Waals surface area contributed by atoms with Gasteiger partial charge in [0.2, 0.25) is 0 Å². The van der Waals surface area contributed by atoms with Crippen molar-refractivity contribution in [2.24, 2.45) is 5.92 Å². The predicted molar refractivity (Wildman–Crippen MR) is 67.9 cm³/mol. The highest BCUT2D eigenvalue weighted by atomic mass is 35.5. The van der Waals surface area contributed by atoms with Gasteiger partial charge in [-0.1, -0.05) is 25.4 Å². The molecule has 0 atom stereocenters. The highest BCUT2D eigenvalue weighted by Gasteiger charge is 2.15. The molecule has 0 bridgehead atoms. The molecule has 98 valence electrons. The fourth-order valence-corrected chi connectivity index (χ4v) is 1.31. The summed E-state index contributed by atoms with van der Waals surface area (Å²) in [4.78, 5) is 22.8. The van der Waals surface area contributed by atoms with E-state index < -0.39 is 17.6 Å². The summed E-state index contributed by atoms with van der Waals surface area (Å²) in [5.74, 6) is -2.16. The van der Waals surface area contributed by atoms with Crippen LogP contribution in [0.2, 0.25) is 5.02 Å². The molecule has 0 spiro atoms. The van der Waals surface area contributed by atoms with E-state index in [4.69, 9.17) is 11.6 Å². The van der Waals surface area contributed by atoms with Crippen LogP contribution in [0, 0.1) is 11.7 Å². The quantitative estimate of drug-likeness (QED) is 0.829. The molecule has 0 aromatic heterocycles. The Labute approximate surface area is 110 Å². The first-order chi connectivity index (χ1) is 8.40. The Morgan fingerprint density at radius 3 is 2.56 bits per heavy atom. The van der Waals surface area contributed by atoms with Crippen molar-refractivity contribution in [2.45, 2.75) is 13.8 Å². The second-order valence-electron chi connectivity index (χ2n) is 4.18. The minimum absolute atomic E-state index is 0.0795. The lowest BCUT2D eigenvalue weighted by Gasteiger charge is -2.08. The lowest BCUT2D eigenvalue weighted by atomic mass is 10.2. The number of carbonyl (C=O) groups excluding carboxylic acids is 2. The summed E-state index contributed by atoms with van der Waals surface area (Å²) in [7, 11) is 0. The number of halogens is 2. The third-order valence-corrected chi connectivity index (χ3v) is 2.29. The van der Waals surface area contributed by atoms with Crippen LogP contribution in [0.4, 0.5) is 10.1 Å². The van der Waals surface area contributed by atoms with Gasteiger partial charge >= 0.3 is 11.8 Å². The summed E-state index contributed by atoms with van der Waals surface area (Å²) in [6.07, 6.45) is 0. The molecule has 0 aliphatic rings. The topological polar surface area (TPSA) is 58.2 Å². The van der Waals surface area contributed by atoms with Crippen LogP contribution in [0.25, 0.3) is 0 Å². The summed E-state index contributed by atoms with van der Waals surface area (Å²) in [6, 6.07) is 3.78. The van der Waals surface area contributed by atoms with Gasteiger partial charge in [0.05, 0.1) is 5.69 Å². The molecule has 0 aliphatic heterocycles. The number of carbonyl (C=O) groups is 2. The fourth-order valence-electron chi connectivity index (χ4n) is 1.15. The lowest BCUT2D eigenvalue weighted by molar-refractivity contribution is -0.136. The second kappa shape index (κ2) is 6.35. The van der Waals surface area contributed by atoms with E-state index >= 15 is 0 Å². The molecule has 0 radical (unpaired) electrons. The molecule has 0 saturated carbocycles. The van der Waals surface area contributed by atoms with Crippen LogP contribution in [0.5, 0.6) is 0 Å². The van der Waals surface area contributed by atoms with E-state index in [1.165, 1.54) is 12.1 Å². The Balaban J connectivity index is 2.61. The standard InChI is InChI=1S/C12H14ClFN2O2/c1-7(2)6-15-11(17)12(18)16-10-4-3-8(13)5-9(10)14/h3-5,7H,6H2,1-2H3,(H,15,17)(H,16,18). The molecule has 4 nitrogen and oxygen atoms in total. The minimum Gasteiger partial charge on any atom is -0.348 e. The molecule has 2 N–H and O–H groups in total. The number of hydrogen-bond acceptors (Lipinski definition) is 2. The molecule has 0 heterocycles. The molecular weight excluding hydrogens is 259 g/mol. The number of rotatable bonds is 3. The van der Waals surface area contributed by atoms with Crippen LogP contribution in [-0.4, -0.2) is 18.4 Å². The van der Waals surface area contributed by atoms with E-state index in [1.807, 2.05) is 13.8 Å². The third kappa shape index (κ3) is 4.33. The van der Waals surface area contributed by atoms with Gasteiger partial charge in [0, 0.05) is 11.6 Å². The van der Waals surface area contributed by atoms with Crippen LogP contribution in [-0.2, 0) is 9.59 Å². The summed E-state index contributed by atoms with van der Waals surface area (Å²) < 4.78 is 13.4. The number of benzene rings is 1. The number of nitrogens with one attached hydrogen (secondary N) is 2. The van der Waals surface area contributed by atoms with E-state index in [-0.39, 0.29) is 16.6 Å². The molecule has 0 fully saturated rings. The third-order valence-electron chi connectivity index (χ3n) is 2.06. The van der Waals surface area contributed by atoms with Crippen molar-refractivity contribution >= 4 is 29.1 Å². The number of amides is 2. The molecule has 0 unspecified atom stereocenters. The van der Waals surface area contributed by atoms with Gasteiger partial charge < -0.3 is 10.6 Å². The average Bonchev–Trinajstić information content (AvgIpc) is 2.29. The summed E-state index contributed by atoms with van der Waals surface area (Å²) in [6.45, 7) is 4.18. The average molecular weight is 273 g/mol. The van der Waals surface area contributed by atoms with Crippen molar-refractivity contribution in [3.8, 4) is 0 Å². The molecule has 2 amide bonds. The Morgan fingerprint density at radius 2 is 2.00 bits per heavy atom. The first-order valence-corrected chi connectivity index (χ1v) is 5.82. The van der Waals surface area contributed by atoms with Crippen molar-refractivity contribution in [2.75, 3.05) is 11.9 Å². The van der Waals surface area contributed by atoms with Crippen molar-refractivity contribution in [1.82, 2.24) is 5.32 Å². The van der Waals surface area contributed by atoms with E-state index in [9.17, 15) is 14.0 Å². The highest BCUT2D eigenvalue weighted by Crippen LogP contribution is 2.18. The van der Waals surface area contributed by atoms with E-state index in [2.05, 4.69) is 10.6 Å². The minimum atomic E-state index is -0.906. The lowest BCUT2D eigenvalue weighted by Crippen LogP contribution is -2.37. The van der Waals surface area contributed by atoms with Gasteiger partial charge in [0.15, 0.2) is 0 Å². The second-order valence-corrected chi connectivity index (χ2v) is 4.62. The van der Waals surface area contributed by atoms with Gasteiger partial charge in [0.1, 0.15) is 5.82 Å². The smallest absolute Gasteiger partial charge is 0.313 e. The number of anilines is 1. The van der Waals surface area contributed by atoms with Crippen LogP contribution in [0.3, 0.4) is 0 Å². The van der Waals surface area contributed by atoms with E-state index in [0.29, 0.717) is 6.54 Å². The van der Waals surface area contributed by atoms with Gasteiger partial charge in [-0.3, -0.25) is 9.59 Å². The van der Waals surface area contributed by atoms with E-state index in [0.717, 1.165) is 6.07 Å². The molecule has 0 aliphatic carbocycles. The van der Waals surface area contributed by atoms with Crippen LogP contribution >= 0.6 is 11.6 Å². The molecule has 0 saturated heterocycles. The maximum absolute atomic E-state index is 13.4. The van der Waals surface area contributed by atoms with Gasteiger partial charge in [-0.2, -0.15) is 0 Å². The zero-order valence-corrected chi connectivity index (χ0v) is 10.8. The molecule has 1 rings (SSSR count). The van der Waals surface area contributed by atoms with Gasteiger partial charge in [-0.25, -0.2) is 4.39 Å². The fraction of sp³-hybridized carbons (Fsp3) is 0.333. The first kappa shape index (κ1) is 14.4. The molecule has 1 aromatic carbocycles. The maximum atomic E-state index is 13.4. The van der Waals surface area contributed by atoms with Gasteiger partial charge in [0.25, 0.3) is 0 Å². The van der Waals surface area contributed by atoms with Crippen LogP contribution in [0.15, 0.2) is 18.2 Å². The van der Waals surface area contributed by atoms with Gasteiger partial charge in [-0.05, 0) is 24.1 Å². The van der Waals surface area contributed by atoms with Crippen molar-refractivity contribution in [3.05, 3.63) is 29.0 Å². The first-order valence-electron chi connectivity index (χ1n) is 5.44. The normalized spacial score (nSPS) is 10.3. The number of hydrogen-bond donors (Lipinski definition) is 2. The van der Waals surface area contributed by atoms with Crippen molar-refractivity contribution < 1.29 is 14.0 Å². The summed E-state index contributed by atoms with van der Waals surface area (Å²) in [5, 5.41) is 4.83. The zero-order valence-electron chi connectivity index (χ0n) is 10.1. The highest BCUT2D eigenvalue weighted by molar-refractivity contribution is 6.39.